The van der Waals surface area contributed by atoms with Crippen LogP contribution in [0.15, 0.2) is 0 Å². The SMILES string of the molecule is BC(=O)CCCCCSCNC(=O)CNC(=O)CNC(=O)CNC(=O)CCCSC1CC(=O)N(CCCC(=O)NCC)C1=O. The highest BCUT2D eigenvalue weighted by Gasteiger charge is 2.38. The van der Waals surface area contributed by atoms with Gasteiger partial charge >= 0.3 is 0 Å². The van der Waals surface area contributed by atoms with Crippen molar-refractivity contribution < 1.29 is 38.4 Å². The van der Waals surface area contributed by atoms with Gasteiger partial charge in [-0.05, 0) is 50.5 Å². The lowest BCUT2D eigenvalue weighted by Gasteiger charge is -2.14. The topological polar surface area (TPSA) is 200 Å². The molecule has 1 fully saturated rings. The number of likely N-dealkylation sites (tertiary alicyclic amines) is 1. The number of carbonyl (C=O) groups excluding carboxylic acids is 8. The lowest BCUT2D eigenvalue weighted by molar-refractivity contribution is -0.138. The monoisotopic (exact) mass is 656 g/mol. The van der Waals surface area contributed by atoms with E-state index in [1.165, 1.54) is 16.7 Å². The van der Waals surface area contributed by atoms with Crippen molar-refractivity contribution in [1.29, 1.82) is 0 Å². The van der Waals surface area contributed by atoms with Crippen molar-refractivity contribution in [2.45, 2.75) is 70.0 Å². The summed E-state index contributed by atoms with van der Waals surface area (Å²) in [5, 5.41) is 12.1. The van der Waals surface area contributed by atoms with Crippen molar-refractivity contribution in [3.05, 3.63) is 0 Å². The second kappa shape index (κ2) is 23.3. The predicted octanol–water partition coefficient (Wildman–Crippen LogP) is -1.58. The quantitative estimate of drug-likeness (QED) is 0.0350. The summed E-state index contributed by atoms with van der Waals surface area (Å²) < 4.78 is 0. The molecule has 1 rings (SSSR count). The summed E-state index contributed by atoms with van der Waals surface area (Å²) >= 11 is 2.86. The van der Waals surface area contributed by atoms with Gasteiger partial charge in [-0.15, -0.1) is 23.5 Å². The van der Waals surface area contributed by atoms with Gasteiger partial charge in [-0.1, -0.05) is 6.42 Å². The Morgan fingerprint density at radius 1 is 0.727 bits per heavy atom. The second-order valence-electron chi connectivity index (χ2n) is 10.1. The second-order valence-corrected chi connectivity index (χ2v) is 12.5. The molecule has 17 heteroatoms. The van der Waals surface area contributed by atoms with E-state index in [1.807, 2.05) is 6.92 Å². The number of amides is 7. The summed E-state index contributed by atoms with van der Waals surface area (Å²) in [4.78, 5) is 96.0. The maximum Gasteiger partial charge on any atom is 0.242 e. The van der Waals surface area contributed by atoms with Crippen LogP contribution in [0, 0.1) is 0 Å². The van der Waals surface area contributed by atoms with Gasteiger partial charge in [-0.3, -0.25) is 38.5 Å². The Kier molecular flexibility index (Phi) is 20.6. The normalized spacial score (nSPS) is 14.2. The molecule has 0 saturated carbocycles. The molecule has 1 saturated heterocycles. The number of imide groups is 1. The number of rotatable bonds is 24. The largest absolute Gasteiger partial charge is 0.356 e. The summed E-state index contributed by atoms with van der Waals surface area (Å²) in [6.45, 7) is 1.67. The molecule has 0 aromatic heterocycles. The van der Waals surface area contributed by atoms with Gasteiger partial charge in [0.15, 0.2) is 7.85 Å². The molecule has 5 N–H and O–H groups in total. The highest BCUT2D eigenvalue weighted by molar-refractivity contribution is 8.00. The van der Waals surface area contributed by atoms with Gasteiger partial charge in [0.05, 0.1) is 36.4 Å². The van der Waals surface area contributed by atoms with Crippen LogP contribution in [-0.2, 0) is 38.4 Å². The third kappa shape index (κ3) is 18.6. The molecule has 1 aliphatic heterocycles. The first-order chi connectivity index (χ1) is 21.0. The average Bonchev–Trinajstić information content (AvgIpc) is 3.24. The first kappa shape index (κ1) is 38.9. The standard InChI is InChI=1S/C27H45BN6O8S2/c1-2-29-21(36)9-6-11-34-26(41)14-19(27(34)42)44-13-7-10-22(37)30-15-23(38)31-16-24(39)32-17-25(40)33-18-43-12-5-3-4-8-20(28)35/h19H,2-18,28H2,1H3,(H,29,36)(H,30,37)(H,31,38)(H,32,39)(H,33,40). The number of nitrogens with zero attached hydrogens (tertiary/aromatic N) is 1. The van der Waals surface area contributed by atoms with Crippen molar-refractivity contribution >= 4 is 78.4 Å². The molecule has 0 radical (unpaired) electrons. The van der Waals surface area contributed by atoms with Gasteiger partial charge in [0, 0.05) is 32.4 Å². The fraction of sp³-hybridized carbons (Fsp3) is 0.704. The molecule has 7 amide bonds. The third-order valence-corrected chi connectivity index (χ3v) is 8.48. The molecule has 1 heterocycles. The number of unbranched alkanes of at least 4 members (excludes halogenated alkanes) is 2. The summed E-state index contributed by atoms with van der Waals surface area (Å²) in [5.74, 6) is -0.728. The summed E-state index contributed by atoms with van der Waals surface area (Å²) in [7, 11) is 1.58. The highest BCUT2D eigenvalue weighted by Crippen LogP contribution is 2.26. The van der Waals surface area contributed by atoms with E-state index in [-0.39, 0.29) is 80.7 Å². The van der Waals surface area contributed by atoms with E-state index >= 15 is 0 Å². The maximum absolute atomic E-state index is 12.5. The van der Waals surface area contributed by atoms with Gasteiger partial charge in [-0.25, -0.2) is 0 Å². The molecule has 0 aromatic carbocycles. The first-order valence-corrected chi connectivity index (χ1v) is 17.1. The van der Waals surface area contributed by atoms with Gasteiger partial charge in [0.1, 0.15) is 0 Å². The van der Waals surface area contributed by atoms with Gasteiger partial charge in [0.25, 0.3) is 0 Å². The van der Waals surface area contributed by atoms with E-state index in [4.69, 9.17) is 0 Å². The zero-order valence-corrected chi connectivity index (χ0v) is 27.3. The van der Waals surface area contributed by atoms with Gasteiger partial charge in [-0.2, -0.15) is 0 Å². The van der Waals surface area contributed by atoms with Crippen LogP contribution in [-0.4, -0.2) is 115 Å². The number of carbonyl (C=O) groups is 8. The van der Waals surface area contributed by atoms with E-state index in [0.29, 0.717) is 37.4 Å². The third-order valence-electron chi connectivity index (χ3n) is 6.26. The minimum Gasteiger partial charge on any atom is -0.356 e. The Bertz CT molecular complexity index is 1020. The molecular formula is C27H45BN6O8S2. The Hall–Kier alpha value is -3.08. The van der Waals surface area contributed by atoms with Crippen LogP contribution < -0.4 is 26.6 Å². The molecule has 1 unspecified atom stereocenters. The molecule has 1 aliphatic rings. The van der Waals surface area contributed by atoms with E-state index in [2.05, 4.69) is 26.6 Å². The molecule has 0 bridgehead atoms. The fourth-order valence-electron chi connectivity index (χ4n) is 3.93. The summed E-state index contributed by atoms with van der Waals surface area (Å²) in [6.07, 6.45) is 4.70. The van der Waals surface area contributed by atoms with E-state index < -0.39 is 17.1 Å². The van der Waals surface area contributed by atoms with Gasteiger partial charge < -0.3 is 31.4 Å². The fourth-order valence-corrected chi connectivity index (χ4v) is 5.87. The van der Waals surface area contributed by atoms with E-state index in [0.717, 1.165) is 25.0 Å². The van der Waals surface area contributed by atoms with Crippen molar-refractivity contribution in [2.75, 3.05) is 50.1 Å². The number of hydrogen-bond acceptors (Lipinski definition) is 10. The lowest BCUT2D eigenvalue weighted by Crippen LogP contribution is -2.44. The molecule has 44 heavy (non-hydrogen) atoms. The number of nitrogens with one attached hydrogen (secondary N) is 5. The van der Waals surface area contributed by atoms with Crippen LogP contribution in [0.2, 0.25) is 0 Å². The van der Waals surface area contributed by atoms with Crippen molar-refractivity contribution in [2.24, 2.45) is 0 Å². The Morgan fingerprint density at radius 2 is 1.32 bits per heavy atom. The Labute approximate surface area is 267 Å². The molecule has 1 atom stereocenters. The van der Waals surface area contributed by atoms with Crippen molar-refractivity contribution in [3.8, 4) is 0 Å². The minimum atomic E-state index is -0.561. The predicted molar refractivity (Wildman–Crippen MR) is 171 cm³/mol. The molecule has 14 nitrogen and oxygen atoms in total. The molecule has 0 aliphatic carbocycles. The van der Waals surface area contributed by atoms with Crippen LogP contribution in [0.3, 0.4) is 0 Å². The Balaban J connectivity index is 2.07. The van der Waals surface area contributed by atoms with Crippen LogP contribution in [0.4, 0.5) is 0 Å². The van der Waals surface area contributed by atoms with Gasteiger partial charge in [0.2, 0.25) is 41.4 Å². The van der Waals surface area contributed by atoms with Crippen LogP contribution in [0.25, 0.3) is 0 Å². The first-order valence-electron chi connectivity index (χ1n) is 14.9. The molecule has 0 aromatic rings. The van der Waals surface area contributed by atoms with Crippen molar-refractivity contribution in [3.63, 3.8) is 0 Å². The molecular weight excluding hydrogens is 611 g/mol. The van der Waals surface area contributed by atoms with Crippen LogP contribution >= 0.6 is 23.5 Å². The summed E-state index contributed by atoms with van der Waals surface area (Å²) in [5.41, 5.74) is 0.189. The lowest BCUT2D eigenvalue weighted by atomic mass is 9.97. The molecule has 0 spiro atoms. The number of thioether (sulfide) groups is 2. The highest BCUT2D eigenvalue weighted by atomic mass is 32.2. The number of hydrogen-bond donors (Lipinski definition) is 5. The van der Waals surface area contributed by atoms with Crippen LogP contribution in [0.5, 0.6) is 0 Å². The van der Waals surface area contributed by atoms with Crippen molar-refractivity contribution in [1.82, 2.24) is 31.5 Å². The zero-order chi connectivity index (χ0) is 32.7. The van der Waals surface area contributed by atoms with E-state index in [9.17, 15) is 38.4 Å². The zero-order valence-electron chi connectivity index (χ0n) is 25.6. The minimum absolute atomic E-state index is 0.0964. The Morgan fingerprint density at radius 3 is 1.95 bits per heavy atom. The molecule has 246 valence electrons. The van der Waals surface area contributed by atoms with E-state index in [1.54, 1.807) is 19.6 Å². The van der Waals surface area contributed by atoms with Crippen LogP contribution in [0.1, 0.15) is 64.7 Å². The smallest absolute Gasteiger partial charge is 0.242 e. The summed E-state index contributed by atoms with van der Waals surface area (Å²) in [6, 6.07) is 0. The maximum atomic E-state index is 12.5. The average molecular weight is 657 g/mol.